The van der Waals surface area contributed by atoms with E-state index in [1.54, 1.807) is 47.2 Å². The number of hydrogen-bond donors (Lipinski definition) is 2. The van der Waals surface area contributed by atoms with Crippen LogP contribution >= 0.6 is 0 Å². The lowest BCUT2D eigenvalue weighted by molar-refractivity contribution is 0.0956. The fraction of sp³-hybridized carbons (Fsp3) is 0.0952. The second kappa shape index (κ2) is 7.78. The zero-order valence-corrected chi connectivity index (χ0v) is 15.6. The quantitative estimate of drug-likeness (QED) is 0.548. The molecule has 0 aliphatic carbocycles. The minimum atomic E-state index is -0.126. The second-order valence-electron chi connectivity index (χ2n) is 6.23. The number of benzene rings is 2. The van der Waals surface area contributed by atoms with Gasteiger partial charge < -0.3 is 10.6 Å². The van der Waals surface area contributed by atoms with E-state index in [1.165, 1.54) is 0 Å². The SMILES string of the molecule is CCNC(=O)c1cccc(-c2cn3nc(Nc4ccccc4C#N)nc3cn2)c1. The van der Waals surface area contributed by atoms with Crippen LogP contribution in [0.1, 0.15) is 22.8 Å². The molecular weight excluding hydrogens is 366 g/mol. The summed E-state index contributed by atoms with van der Waals surface area (Å²) < 4.78 is 1.61. The number of anilines is 2. The van der Waals surface area contributed by atoms with Crippen LogP contribution in [0.3, 0.4) is 0 Å². The molecule has 142 valence electrons. The van der Waals surface area contributed by atoms with Crippen molar-refractivity contribution < 1.29 is 4.79 Å². The van der Waals surface area contributed by atoms with Gasteiger partial charge in [0.25, 0.3) is 5.91 Å². The summed E-state index contributed by atoms with van der Waals surface area (Å²) in [5.74, 6) is 0.238. The van der Waals surface area contributed by atoms with E-state index in [4.69, 9.17) is 0 Å². The third kappa shape index (κ3) is 3.75. The zero-order chi connectivity index (χ0) is 20.2. The lowest BCUT2D eigenvalue weighted by atomic mass is 10.1. The fourth-order valence-electron chi connectivity index (χ4n) is 2.89. The number of rotatable bonds is 5. The van der Waals surface area contributed by atoms with Gasteiger partial charge in [-0.3, -0.25) is 9.78 Å². The van der Waals surface area contributed by atoms with Crippen LogP contribution in [0.5, 0.6) is 0 Å². The number of fused-ring (bicyclic) bond motifs is 1. The standard InChI is InChI=1S/C21H17N7O/c1-2-23-20(29)15-8-5-7-14(10-15)18-13-28-19(12-24-18)26-21(27-28)25-17-9-4-3-6-16(17)11-22/h3-10,12-13H,2H2,1H3,(H,23,29)(H,25,27). The molecule has 0 aliphatic rings. The molecule has 0 atom stereocenters. The molecule has 2 N–H and O–H groups in total. The van der Waals surface area contributed by atoms with Crippen LogP contribution < -0.4 is 10.6 Å². The van der Waals surface area contributed by atoms with Crippen molar-refractivity contribution >= 4 is 23.2 Å². The Morgan fingerprint density at radius 1 is 1.21 bits per heavy atom. The van der Waals surface area contributed by atoms with E-state index in [2.05, 4.69) is 31.8 Å². The Bertz CT molecular complexity index is 1240. The fourth-order valence-corrected chi connectivity index (χ4v) is 2.89. The molecule has 2 heterocycles. The van der Waals surface area contributed by atoms with Crippen molar-refractivity contribution in [3.05, 3.63) is 72.1 Å². The minimum absolute atomic E-state index is 0.126. The molecule has 0 radical (unpaired) electrons. The Kier molecular flexibility index (Phi) is 4.86. The van der Waals surface area contributed by atoms with E-state index in [-0.39, 0.29) is 5.91 Å². The largest absolute Gasteiger partial charge is 0.352 e. The van der Waals surface area contributed by atoms with Gasteiger partial charge >= 0.3 is 0 Å². The summed E-state index contributed by atoms with van der Waals surface area (Å²) >= 11 is 0. The topological polar surface area (TPSA) is 108 Å². The minimum Gasteiger partial charge on any atom is -0.352 e. The predicted octanol–water partition coefficient (Wildman–Crippen LogP) is 3.16. The number of amides is 1. The van der Waals surface area contributed by atoms with Crippen LogP contribution in [-0.4, -0.2) is 32.0 Å². The number of nitrogens with zero attached hydrogens (tertiary/aromatic N) is 5. The molecule has 0 saturated carbocycles. The highest BCUT2D eigenvalue weighted by Crippen LogP contribution is 2.21. The molecular formula is C21H17N7O. The molecule has 2 aromatic carbocycles. The highest BCUT2D eigenvalue weighted by molar-refractivity contribution is 5.95. The summed E-state index contributed by atoms with van der Waals surface area (Å²) in [6.45, 7) is 2.44. The molecule has 4 aromatic rings. The number of nitriles is 1. The molecule has 8 heteroatoms. The van der Waals surface area contributed by atoms with Gasteiger partial charge in [0.05, 0.1) is 29.3 Å². The van der Waals surface area contributed by atoms with Crippen LogP contribution in [0.4, 0.5) is 11.6 Å². The van der Waals surface area contributed by atoms with E-state index in [0.29, 0.717) is 40.6 Å². The number of para-hydroxylation sites is 1. The van der Waals surface area contributed by atoms with Crippen molar-refractivity contribution in [2.24, 2.45) is 0 Å². The molecule has 0 bridgehead atoms. The van der Waals surface area contributed by atoms with Crippen LogP contribution in [0, 0.1) is 11.3 Å². The summed E-state index contributed by atoms with van der Waals surface area (Å²) in [7, 11) is 0. The summed E-state index contributed by atoms with van der Waals surface area (Å²) in [6.07, 6.45) is 3.36. The summed E-state index contributed by atoms with van der Waals surface area (Å²) in [5.41, 5.74) is 3.74. The first-order valence-electron chi connectivity index (χ1n) is 9.05. The first kappa shape index (κ1) is 18.1. The maximum atomic E-state index is 12.1. The average Bonchev–Trinajstić information content (AvgIpc) is 3.16. The molecule has 0 fully saturated rings. The van der Waals surface area contributed by atoms with E-state index in [9.17, 15) is 10.1 Å². The Morgan fingerprint density at radius 3 is 2.90 bits per heavy atom. The highest BCUT2D eigenvalue weighted by Gasteiger charge is 2.10. The van der Waals surface area contributed by atoms with Crippen molar-refractivity contribution in [3.63, 3.8) is 0 Å². The summed E-state index contributed by atoms with van der Waals surface area (Å²) in [6, 6.07) is 16.5. The molecule has 1 amide bonds. The average molecular weight is 383 g/mol. The van der Waals surface area contributed by atoms with E-state index >= 15 is 0 Å². The number of hydrogen-bond acceptors (Lipinski definition) is 6. The molecule has 8 nitrogen and oxygen atoms in total. The van der Waals surface area contributed by atoms with Gasteiger partial charge in [0.15, 0.2) is 5.65 Å². The van der Waals surface area contributed by atoms with Crippen LogP contribution in [0.15, 0.2) is 60.9 Å². The molecule has 4 rings (SSSR count). The molecule has 0 saturated heterocycles. The smallest absolute Gasteiger partial charge is 0.251 e. The first-order chi connectivity index (χ1) is 14.2. The van der Waals surface area contributed by atoms with Gasteiger partial charge in [0.1, 0.15) is 6.07 Å². The molecule has 2 aromatic heterocycles. The van der Waals surface area contributed by atoms with E-state index in [1.807, 2.05) is 25.1 Å². The molecule has 0 spiro atoms. The Labute approximate surface area is 166 Å². The second-order valence-corrected chi connectivity index (χ2v) is 6.23. The Morgan fingerprint density at radius 2 is 2.07 bits per heavy atom. The van der Waals surface area contributed by atoms with Gasteiger partial charge in [-0.25, -0.2) is 4.52 Å². The molecule has 29 heavy (non-hydrogen) atoms. The Balaban J connectivity index is 1.65. The lowest BCUT2D eigenvalue weighted by Crippen LogP contribution is -2.22. The van der Waals surface area contributed by atoms with Gasteiger partial charge in [-0.05, 0) is 31.2 Å². The van der Waals surface area contributed by atoms with Gasteiger partial charge in [0, 0.05) is 17.7 Å². The van der Waals surface area contributed by atoms with Crippen molar-refractivity contribution in [2.45, 2.75) is 6.92 Å². The van der Waals surface area contributed by atoms with Gasteiger partial charge in [-0.2, -0.15) is 10.2 Å². The summed E-state index contributed by atoms with van der Waals surface area (Å²) in [5, 5.41) is 19.5. The predicted molar refractivity (Wildman–Crippen MR) is 109 cm³/mol. The summed E-state index contributed by atoms with van der Waals surface area (Å²) in [4.78, 5) is 20.9. The maximum absolute atomic E-state index is 12.1. The van der Waals surface area contributed by atoms with Crippen molar-refractivity contribution in [1.82, 2.24) is 24.9 Å². The monoisotopic (exact) mass is 383 g/mol. The normalized spacial score (nSPS) is 10.5. The third-order valence-electron chi connectivity index (χ3n) is 4.27. The van der Waals surface area contributed by atoms with Crippen LogP contribution in [-0.2, 0) is 0 Å². The first-order valence-corrected chi connectivity index (χ1v) is 9.05. The van der Waals surface area contributed by atoms with Crippen molar-refractivity contribution in [3.8, 4) is 17.3 Å². The number of carbonyl (C=O) groups is 1. The van der Waals surface area contributed by atoms with Crippen molar-refractivity contribution in [2.75, 3.05) is 11.9 Å². The maximum Gasteiger partial charge on any atom is 0.251 e. The molecule has 0 unspecified atom stereocenters. The van der Waals surface area contributed by atoms with Gasteiger partial charge in [-0.1, -0.05) is 24.3 Å². The van der Waals surface area contributed by atoms with Crippen molar-refractivity contribution in [1.29, 1.82) is 5.26 Å². The van der Waals surface area contributed by atoms with E-state index in [0.717, 1.165) is 5.56 Å². The van der Waals surface area contributed by atoms with Crippen LogP contribution in [0.25, 0.3) is 16.9 Å². The van der Waals surface area contributed by atoms with Gasteiger partial charge in [-0.15, -0.1) is 5.10 Å². The third-order valence-corrected chi connectivity index (χ3v) is 4.27. The zero-order valence-electron chi connectivity index (χ0n) is 15.6. The highest BCUT2D eigenvalue weighted by atomic mass is 16.1. The Hall–Kier alpha value is -4.25. The number of aromatic nitrogens is 4. The van der Waals surface area contributed by atoms with Crippen LogP contribution in [0.2, 0.25) is 0 Å². The molecule has 0 aliphatic heterocycles. The van der Waals surface area contributed by atoms with Gasteiger partial charge in [0.2, 0.25) is 5.95 Å². The van der Waals surface area contributed by atoms with E-state index < -0.39 is 0 Å². The lowest BCUT2D eigenvalue weighted by Gasteiger charge is -2.05. The number of nitrogens with one attached hydrogen (secondary N) is 2. The number of carbonyl (C=O) groups excluding carboxylic acids is 1.